The largest absolute Gasteiger partial charge is 0.327 e. The summed E-state index contributed by atoms with van der Waals surface area (Å²) < 4.78 is 2.10. The van der Waals surface area contributed by atoms with Crippen LogP contribution in [0.15, 0.2) is 17.8 Å². The second-order valence-corrected chi connectivity index (χ2v) is 5.95. The highest BCUT2D eigenvalue weighted by Crippen LogP contribution is 2.28. The Morgan fingerprint density at radius 1 is 1.47 bits per heavy atom. The number of imidazole rings is 1. The zero-order valence-electron chi connectivity index (χ0n) is 10.0. The van der Waals surface area contributed by atoms with Gasteiger partial charge in [-0.3, -0.25) is 4.40 Å². The number of aryl methyl sites for hydroxylation is 1. The maximum absolute atomic E-state index is 6.26. The van der Waals surface area contributed by atoms with E-state index in [1.807, 2.05) is 0 Å². The van der Waals surface area contributed by atoms with Crippen molar-refractivity contribution in [2.24, 2.45) is 11.7 Å². The van der Waals surface area contributed by atoms with Gasteiger partial charge >= 0.3 is 0 Å². The molecule has 0 saturated heterocycles. The van der Waals surface area contributed by atoms with E-state index >= 15 is 0 Å². The fourth-order valence-corrected chi connectivity index (χ4v) is 3.55. The first-order valence-electron chi connectivity index (χ1n) is 6.49. The third kappa shape index (κ3) is 2.38. The van der Waals surface area contributed by atoms with Gasteiger partial charge in [-0.05, 0) is 31.6 Å². The number of hydrogen-bond donors (Lipinski definition) is 1. The van der Waals surface area contributed by atoms with Crippen LogP contribution in [0.25, 0.3) is 4.96 Å². The van der Waals surface area contributed by atoms with Gasteiger partial charge < -0.3 is 5.73 Å². The van der Waals surface area contributed by atoms with Crippen LogP contribution in [0.5, 0.6) is 0 Å². The van der Waals surface area contributed by atoms with Crippen molar-refractivity contribution >= 4 is 16.3 Å². The molecule has 2 N–H and O–H groups in total. The lowest BCUT2D eigenvalue weighted by Crippen LogP contribution is -2.28. The number of rotatable bonds is 4. The van der Waals surface area contributed by atoms with Crippen LogP contribution >= 0.6 is 11.3 Å². The predicted octanol–water partition coefficient (Wildman–Crippen LogP) is 2.85. The molecule has 17 heavy (non-hydrogen) atoms. The molecule has 1 unspecified atom stereocenters. The molecule has 1 aliphatic rings. The third-order valence-corrected chi connectivity index (χ3v) is 4.65. The molecule has 2 aromatic heterocycles. The number of hydrogen-bond acceptors (Lipinski definition) is 3. The van der Waals surface area contributed by atoms with Gasteiger partial charge in [0, 0.05) is 23.8 Å². The van der Waals surface area contributed by atoms with Crippen LogP contribution < -0.4 is 5.73 Å². The average Bonchev–Trinajstić information content (AvgIpc) is 3.01. The topological polar surface area (TPSA) is 43.3 Å². The highest BCUT2D eigenvalue weighted by Gasteiger charge is 2.21. The summed E-state index contributed by atoms with van der Waals surface area (Å²) in [5.41, 5.74) is 7.45. The molecule has 92 valence electrons. The van der Waals surface area contributed by atoms with Gasteiger partial charge in [0.05, 0.1) is 5.69 Å². The molecule has 0 radical (unpaired) electrons. The minimum atomic E-state index is 0.372. The van der Waals surface area contributed by atoms with Crippen molar-refractivity contribution in [3.8, 4) is 0 Å². The van der Waals surface area contributed by atoms with Gasteiger partial charge in [-0.2, -0.15) is 0 Å². The fraction of sp³-hybridized carbons (Fsp3) is 0.615. The summed E-state index contributed by atoms with van der Waals surface area (Å²) >= 11 is 1.69. The Hall–Kier alpha value is -0.870. The van der Waals surface area contributed by atoms with Crippen molar-refractivity contribution < 1.29 is 0 Å². The first-order chi connectivity index (χ1) is 8.33. The molecule has 2 aromatic rings. The molecule has 2 heterocycles. The van der Waals surface area contributed by atoms with E-state index in [9.17, 15) is 0 Å². The average molecular weight is 249 g/mol. The Balaban J connectivity index is 1.58. The normalized spacial score (nSPS) is 19.1. The van der Waals surface area contributed by atoms with Crippen molar-refractivity contribution in [1.29, 1.82) is 0 Å². The molecular formula is C13H19N3S. The highest BCUT2D eigenvalue weighted by atomic mass is 32.1. The molecule has 0 aromatic carbocycles. The van der Waals surface area contributed by atoms with E-state index in [-0.39, 0.29) is 0 Å². The van der Waals surface area contributed by atoms with Crippen molar-refractivity contribution in [2.45, 2.75) is 44.6 Å². The van der Waals surface area contributed by atoms with Gasteiger partial charge in [0.15, 0.2) is 4.96 Å². The Morgan fingerprint density at radius 3 is 3.06 bits per heavy atom. The van der Waals surface area contributed by atoms with E-state index in [0.717, 1.165) is 23.7 Å². The number of thiazole rings is 1. The van der Waals surface area contributed by atoms with E-state index in [0.29, 0.717) is 6.04 Å². The summed E-state index contributed by atoms with van der Waals surface area (Å²) in [5.74, 6) is 0.763. The van der Waals surface area contributed by atoms with Crippen LogP contribution in [0.3, 0.4) is 0 Å². The van der Waals surface area contributed by atoms with Crippen molar-refractivity contribution in [2.75, 3.05) is 0 Å². The van der Waals surface area contributed by atoms with Gasteiger partial charge in [0.2, 0.25) is 0 Å². The lowest BCUT2D eigenvalue weighted by Gasteiger charge is -2.17. The Bertz CT molecular complexity index is 453. The van der Waals surface area contributed by atoms with Crippen LogP contribution in [-0.4, -0.2) is 15.4 Å². The van der Waals surface area contributed by atoms with Crippen molar-refractivity contribution in [1.82, 2.24) is 9.38 Å². The molecule has 1 saturated carbocycles. The Labute approximate surface area is 106 Å². The van der Waals surface area contributed by atoms with Crippen LogP contribution in [0.4, 0.5) is 0 Å². The van der Waals surface area contributed by atoms with E-state index < -0.39 is 0 Å². The molecule has 3 rings (SSSR count). The summed E-state index contributed by atoms with van der Waals surface area (Å²) in [6.07, 6.45) is 11.7. The molecule has 1 aliphatic carbocycles. The Morgan fingerprint density at radius 2 is 2.29 bits per heavy atom. The molecule has 1 atom stereocenters. The van der Waals surface area contributed by atoms with E-state index in [1.54, 1.807) is 11.3 Å². The number of nitrogens with two attached hydrogens (primary N) is 1. The van der Waals surface area contributed by atoms with Crippen LogP contribution in [0, 0.1) is 5.92 Å². The Kier molecular flexibility index (Phi) is 3.16. The SMILES string of the molecule is NC(CCc1cn2ccsc2n1)C1CCCC1. The second-order valence-electron chi connectivity index (χ2n) is 5.07. The van der Waals surface area contributed by atoms with Crippen LogP contribution in [0.2, 0.25) is 0 Å². The first kappa shape index (κ1) is 11.2. The molecule has 4 heteroatoms. The van der Waals surface area contributed by atoms with Gasteiger partial charge in [0.25, 0.3) is 0 Å². The van der Waals surface area contributed by atoms with Crippen molar-refractivity contribution in [3.05, 3.63) is 23.5 Å². The van der Waals surface area contributed by atoms with Gasteiger partial charge in [-0.25, -0.2) is 4.98 Å². The highest BCUT2D eigenvalue weighted by molar-refractivity contribution is 7.15. The van der Waals surface area contributed by atoms with E-state index in [4.69, 9.17) is 5.73 Å². The zero-order chi connectivity index (χ0) is 11.7. The summed E-state index contributed by atoms with van der Waals surface area (Å²) in [5, 5.41) is 2.07. The lowest BCUT2D eigenvalue weighted by molar-refractivity contribution is 0.409. The number of fused-ring (bicyclic) bond motifs is 1. The summed E-state index contributed by atoms with van der Waals surface area (Å²) in [6.45, 7) is 0. The van der Waals surface area contributed by atoms with Gasteiger partial charge in [-0.1, -0.05) is 12.8 Å². The smallest absolute Gasteiger partial charge is 0.193 e. The minimum Gasteiger partial charge on any atom is -0.327 e. The fourth-order valence-electron chi connectivity index (χ4n) is 2.83. The first-order valence-corrected chi connectivity index (χ1v) is 7.37. The lowest BCUT2D eigenvalue weighted by atomic mass is 9.94. The van der Waals surface area contributed by atoms with Crippen molar-refractivity contribution in [3.63, 3.8) is 0 Å². The zero-order valence-corrected chi connectivity index (χ0v) is 10.8. The molecule has 0 spiro atoms. The summed E-state index contributed by atoms with van der Waals surface area (Å²) in [4.78, 5) is 5.69. The van der Waals surface area contributed by atoms with Crippen LogP contribution in [-0.2, 0) is 6.42 Å². The van der Waals surface area contributed by atoms with E-state index in [2.05, 4.69) is 27.2 Å². The number of aromatic nitrogens is 2. The molecule has 0 bridgehead atoms. The molecular weight excluding hydrogens is 230 g/mol. The van der Waals surface area contributed by atoms with Gasteiger partial charge in [0.1, 0.15) is 0 Å². The van der Waals surface area contributed by atoms with Gasteiger partial charge in [-0.15, -0.1) is 11.3 Å². The summed E-state index contributed by atoms with van der Waals surface area (Å²) in [7, 11) is 0. The molecule has 0 amide bonds. The third-order valence-electron chi connectivity index (χ3n) is 3.88. The predicted molar refractivity (Wildman–Crippen MR) is 71.3 cm³/mol. The standard InChI is InChI=1S/C13H19N3S/c14-12(10-3-1-2-4-10)6-5-11-9-16-7-8-17-13(16)15-11/h7-10,12H,1-6,14H2. The quantitative estimate of drug-likeness (QED) is 0.905. The monoisotopic (exact) mass is 249 g/mol. The number of nitrogens with zero attached hydrogens (tertiary/aromatic N) is 2. The molecule has 1 fully saturated rings. The second kappa shape index (κ2) is 4.78. The minimum absolute atomic E-state index is 0.372. The maximum atomic E-state index is 6.26. The molecule has 0 aliphatic heterocycles. The van der Waals surface area contributed by atoms with Crippen LogP contribution in [0.1, 0.15) is 37.8 Å². The van der Waals surface area contributed by atoms with E-state index in [1.165, 1.54) is 31.4 Å². The maximum Gasteiger partial charge on any atom is 0.193 e. The molecule has 3 nitrogen and oxygen atoms in total. The summed E-state index contributed by atoms with van der Waals surface area (Å²) in [6, 6.07) is 0.372.